The molecule has 0 amide bonds. The molecule has 0 saturated heterocycles. The summed E-state index contributed by atoms with van der Waals surface area (Å²) in [7, 11) is 4.11. The van der Waals surface area contributed by atoms with E-state index in [4.69, 9.17) is 0 Å². The van der Waals surface area contributed by atoms with E-state index in [2.05, 4.69) is 58.1 Å². The van der Waals surface area contributed by atoms with E-state index in [-0.39, 0.29) is 0 Å². The van der Waals surface area contributed by atoms with Crippen LogP contribution in [0.5, 0.6) is 0 Å². The Balaban J connectivity index is 1.97. The third-order valence-electron chi connectivity index (χ3n) is 3.40. The molecule has 0 atom stereocenters. The Morgan fingerprint density at radius 2 is 2.00 bits per heavy atom. The molecule has 1 aliphatic rings. The van der Waals surface area contributed by atoms with E-state index in [1.165, 1.54) is 16.9 Å². The van der Waals surface area contributed by atoms with Crippen LogP contribution in [0.4, 0.5) is 5.69 Å². The number of rotatable bonds is 2. The van der Waals surface area contributed by atoms with E-state index in [9.17, 15) is 0 Å². The lowest BCUT2D eigenvalue weighted by Crippen LogP contribution is -2.27. The predicted octanol–water partition coefficient (Wildman–Crippen LogP) is 1.72. The Morgan fingerprint density at radius 3 is 2.72 bits per heavy atom. The highest BCUT2D eigenvalue weighted by molar-refractivity contribution is 5.61. The van der Waals surface area contributed by atoms with Crippen molar-refractivity contribution >= 4 is 5.69 Å². The van der Waals surface area contributed by atoms with Gasteiger partial charge in [0.1, 0.15) is 5.82 Å². The van der Waals surface area contributed by atoms with Gasteiger partial charge >= 0.3 is 0 Å². The lowest BCUT2D eigenvalue weighted by molar-refractivity contribution is 0.519. The zero-order valence-electron chi connectivity index (χ0n) is 10.8. The van der Waals surface area contributed by atoms with Gasteiger partial charge in [-0.05, 0) is 24.3 Å². The molecule has 2 aromatic rings. The number of hydrogen-bond donors (Lipinski definition) is 1. The fourth-order valence-corrected chi connectivity index (χ4v) is 2.35. The van der Waals surface area contributed by atoms with Gasteiger partial charge in [0.15, 0.2) is 0 Å². The summed E-state index contributed by atoms with van der Waals surface area (Å²) >= 11 is 0. The van der Waals surface area contributed by atoms with Gasteiger partial charge in [-0.3, -0.25) is 0 Å². The van der Waals surface area contributed by atoms with Gasteiger partial charge in [-0.25, -0.2) is 4.98 Å². The summed E-state index contributed by atoms with van der Waals surface area (Å²) in [4.78, 5) is 6.66. The molecule has 3 rings (SSSR count). The number of fused-ring (bicyclic) bond motifs is 1. The smallest absolute Gasteiger partial charge is 0.140 e. The number of aromatic nitrogens is 2. The Hall–Kier alpha value is -1.81. The highest BCUT2D eigenvalue weighted by atomic mass is 15.1. The summed E-state index contributed by atoms with van der Waals surface area (Å²) in [6.07, 6.45) is 1.97. The number of imidazole rings is 1. The summed E-state index contributed by atoms with van der Waals surface area (Å²) in [5.74, 6) is 1.08. The van der Waals surface area contributed by atoms with Gasteiger partial charge in [0.05, 0.1) is 11.9 Å². The topological polar surface area (TPSA) is 33.1 Å². The fourth-order valence-electron chi connectivity index (χ4n) is 2.35. The summed E-state index contributed by atoms with van der Waals surface area (Å²) in [6.45, 7) is 2.94. The largest absolute Gasteiger partial charge is 0.378 e. The SMILES string of the molecule is CN(C)c1ccc(-c2ncc3n2CCNC3)cc1. The molecule has 94 valence electrons. The third kappa shape index (κ3) is 1.88. The van der Waals surface area contributed by atoms with Crippen LogP contribution < -0.4 is 10.2 Å². The Bertz CT molecular complexity index is 539. The second kappa shape index (κ2) is 4.46. The van der Waals surface area contributed by atoms with Gasteiger partial charge in [0, 0.05) is 45.0 Å². The lowest BCUT2D eigenvalue weighted by Gasteiger charge is -2.18. The van der Waals surface area contributed by atoms with Crippen LogP contribution in [0.25, 0.3) is 11.4 Å². The molecule has 1 aromatic carbocycles. The average molecular weight is 242 g/mol. The molecule has 1 aromatic heterocycles. The van der Waals surface area contributed by atoms with Gasteiger partial charge < -0.3 is 14.8 Å². The third-order valence-corrected chi connectivity index (χ3v) is 3.40. The van der Waals surface area contributed by atoms with Crippen LogP contribution in [0.3, 0.4) is 0 Å². The molecule has 0 spiro atoms. The first kappa shape index (κ1) is 11.3. The molecule has 0 saturated carbocycles. The predicted molar refractivity (Wildman–Crippen MR) is 73.7 cm³/mol. The first-order chi connectivity index (χ1) is 8.75. The maximum absolute atomic E-state index is 4.55. The van der Waals surface area contributed by atoms with Crippen LogP contribution in [0.2, 0.25) is 0 Å². The van der Waals surface area contributed by atoms with Crippen LogP contribution in [-0.2, 0) is 13.1 Å². The Kier molecular flexibility index (Phi) is 2.80. The maximum Gasteiger partial charge on any atom is 0.140 e. The van der Waals surface area contributed by atoms with Crippen LogP contribution in [0, 0.1) is 0 Å². The summed E-state index contributed by atoms with van der Waals surface area (Å²) in [5, 5.41) is 3.36. The molecule has 1 aliphatic heterocycles. The van der Waals surface area contributed by atoms with Crippen molar-refractivity contribution in [2.75, 3.05) is 25.5 Å². The maximum atomic E-state index is 4.55. The van der Waals surface area contributed by atoms with Crippen molar-refractivity contribution in [2.45, 2.75) is 13.1 Å². The van der Waals surface area contributed by atoms with Crippen LogP contribution in [0.15, 0.2) is 30.5 Å². The fraction of sp³-hybridized carbons (Fsp3) is 0.357. The number of nitrogens with one attached hydrogen (secondary N) is 1. The number of benzene rings is 1. The van der Waals surface area contributed by atoms with Crippen molar-refractivity contribution in [1.29, 1.82) is 0 Å². The normalized spacial score (nSPS) is 14.3. The zero-order valence-corrected chi connectivity index (χ0v) is 10.8. The van der Waals surface area contributed by atoms with Gasteiger partial charge in [-0.2, -0.15) is 0 Å². The molecule has 0 radical (unpaired) electrons. The van der Waals surface area contributed by atoms with Gasteiger partial charge in [0.2, 0.25) is 0 Å². The molecule has 0 bridgehead atoms. The number of nitrogens with zero attached hydrogens (tertiary/aromatic N) is 3. The molecule has 0 unspecified atom stereocenters. The zero-order chi connectivity index (χ0) is 12.5. The minimum absolute atomic E-state index is 0.919. The van der Waals surface area contributed by atoms with Gasteiger partial charge in [0.25, 0.3) is 0 Å². The summed E-state index contributed by atoms with van der Waals surface area (Å²) in [6, 6.07) is 8.57. The van der Waals surface area contributed by atoms with E-state index < -0.39 is 0 Å². The Morgan fingerprint density at radius 1 is 1.22 bits per heavy atom. The van der Waals surface area contributed by atoms with E-state index in [1.54, 1.807) is 0 Å². The second-order valence-electron chi connectivity index (χ2n) is 4.84. The molecule has 0 aliphatic carbocycles. The van der Waals surface area contributed by atoms with Crippen molar-refractivity contribution in [3.63, 3.8) is 0 Å². The first-order valence-corrected chi connectivity index (χ1v) is 6.28. The van der Waals surface area contributed by atoms with E-state index >= 15 is 0 Å². The van der Waals surface area contributed by atoms with Crippen molar-refractivity contribution in [3.05, 3.63) is 36.2 Å². The lowest BCUT2D eigenvalue weighted by atomic mass is 10.2. The first-order valence-electron chi connectivity index (χ1n) is 6.28. The van der Waals surface area contributed by atoms with Crippen molar-refractivity contribution in [3.8, 4) is 11.4 Å². The monoisotopic (exact) mass is 242 g/mol. The van der Waals surface area contributed by atoms with E-state index in [0.29, 0.717) is 0 Å². The number of hydrogen-bond acceptors (Lipinski definition) is 3. The minimum atomic E-state index is 0.919. The summed E-state index contributed by atoms with van der Waals surface area (Å²) in [5.41, 5.74) is 3.67. The Labute approximate surface area is 107 Å². The molecule has 2 heterocycles. The molecule has 4 heteroatoms. The number of anilines is 1. The highest BCUT2D eigenvalue weighted by Crippen LogP contribution is 2.23. The van der Waals surface area contributed by atoms with Crippen molar-refractivity contribution < 1.29 is 0 Å². The van der Waals surface area contributed by atoms with E-state index in [1.807, 2.05) is 6.20 Å². The van der Waals surface area contributed by atoms with Crippen molar-refractivity contribution in [2.24, 2.45) is 0 Å². The molecule has 0 fully saturated rings. The summed E-state index contributed by atoms with van der Waals surface area (Å²) < 4.78 is 2.31. The molecular weight excluding hydrogens is 224 g/mol. The minimum Gasteiger partial charge on any atom is -0.378 e. The van der Waals surface area contributed by atoms with Crippen LogP contribution in [0.1, 0.15) is 5.69 Å². The van der Waals surface area contributed by atoms with Crippen molar-refractivity contribution in [1.82, 2.24) is 14.9 Å². The average Bonchev–Trinajstić information content (AvgIpc) is 2.82. The molecule has 1 N–H and O–H groups in total. The highest BCUT2D eigenvalue weighted by Gasteiger charge is 2.14. The van der Waals surface area contributed by atoms with Crippen LogP contribution in [-0.4, -0.2) is 30.2 Å². The second-order valence-corrected chi connectivity index (χ2v) is 4.84. The quantitative estimate of drug-likeness (QED) is 0.870. The van der Waals surface area contributed by atoms with Gasteiger partial charge in [-0.15, -0.1) is 0 Å². The standard InChI is InChI=1S/C14H18N4/c1-17(2)12-5-3-11(4-6-12)14-16-10-13-9-15-7-8-18(13)14/h3-6,10,15H,7-9H2,1-2H3. The van der Waals surface area contributed by atoms with E-state index in [0.717, 1.165) is 25.5 Å². The van der Waals surface area contributed by atoms with Crippen LogP contribution >= 0.6 is 0 Å². The molecular formula is C14H18N4. The van der Waals surface area contributed by atoms with Gasteiger partial charge in [-0.1, -0.05) is 0 Å². The molecule has 18 heavy (non-hydrogen) atoms. The molecule has 4 nitrogen and oxygen atoms in total.